The minimum atomic E-state index is 0.0807. The molecular formula is C21H31N3O2. The van der Waals surface area contributed by atoms with E-state index >= 15 is 0 Å². The molecule has 5 heteroatoms. The Kier molecular flexibility index (Phi) is 5.46. The molecule has 0 bridgehead atoms. The summed E-state index contributed by atoms with van der Waals surface area (Å²) < 4.78 is 5.76. The fourth-order valence-corrected chi connectivity index (χ4v) is 4.56. The molecule has 3 aliphatic heterocycles. The van der Waals surface area contributed by atoms with Gasteiger partial charge in [0.15, 0.2) is 0 Å². The maximum absolute atomic E-state index is 12.7. The second-order valence-electron chi connectivity index (χ2n) is 7.98. The van der Waals surface area contributed by atoms with E-state index in [0.717, 1.165) is 52.0 Å². The molecule has 1 aromatic carbocycles. The van der Waals surface area contributed by atoms with Crippen molar-refractivity contribution in [3.05, 3.63) is 35.9 Å². The zero-order valence-electron chi connectivity index (χ0n) is 15.7. The van der Waals surface area contributed by atoms with Gasteiger partial charge in [0.05, 0.1) is 18.2 Å². The van der Waals surface area contributed by atoms with Crippen LogP contribution in [0.15, 0.2) is 30.3 Å². The molecule has 4 rings (SSSR count). The van der Waals surface area contributed by atoms with E-state index in [0.29, 0.717) is 6.54 Å². The summed E-state index contributed by atoms with van der Waals surface area (Å²) in [4.78, 5) is 17.2. The molecule has 26 heavy (non-hydrogen) atoms. The average molecular weight is 357 g/mol. The topological polar surface area (TPSA) is 44.8 Å². The first kappa shape index (κ1) is 17.8. The predicted molar refractivity (Wildman–Crippen MR) is 102 cm³/mol. The molecule has 1 spiro atoms. The number of hydrogen-bond donors (Lipinski definition) is 1. The largest absolute Gasteiger partial charge is 0.375 e. The Balaban J connectivity index is 1.34. The van der Waals surface area contributed by atoms with Gasteiger partial charge in [-0.2, -0.15) is 0 Å². The quantitative estimate of drug-likeness (QED) is 0.900. The standard InChI is InChI=1S/C21H31N3O2/c25-20(24-14-9-21(10-15-24)11-16-26-21)22-17-19(18-7-3-1-4-8-18)23-12-5-2-6-13-23/h1,3-4,7-8,19H,2,5-6,9-17H2,(H,22,25). The summed E-state index contributed by atoms with van der Waals surface area (Å²) in [5.41, 5.74) is 1.40. The van der Waals surface area contributed by atoms with Crippen molar-refractivity contribution in [3.63, 3.8) is 0 Å². The predicted octanol–water partition coefficient (Wildman–Crippen LogP) is 3.18. The lowest BCUT2D eigenvalue weighted by molar-refractivity contribution is -0.169. The van der Waals surface area contributed by atoms with Gasteiger partial charge in [0, 0.05) is 19.6 Å². The molecule has 0 saturated carbocycles. The van der Waals surface area contributed by atoms with Gasteiger partial charge in [-0.25, -0.2) is 4.79 Å². The summed E-state index contributed by atoms with van der Waals surface area (Å²) in [7, 11) is 0. The number of carbonyl (C=O) groups is 1. The van der Waals surface area contributed by atoms with E-state index in [4.69, 9.17) is 4.74 Å². The number of rotatable bonds is 4. The van der Waals surface area contributed by atoms with Crippen molar-refractivity contribution in [2.24, 2.45) is 0 Å². The normalized spacial score (nSPS) is 24.1. The summed E-state index contributed by atoms with van der Waals surface area (Å²) in [6.07, 6.45) is 6.95. The number of nitrogens with one attached hydrogen (secondary N) is 1. The van der Waals surface area contributed by atoms with Crippen LogP contribution in [0.5, 0.6) is 0 Å². The van der Waals surface area contributed by atoms with Crippen molar-refractivity contribution in [3.8, 4) is 0 Å². The SMILES string of the molecule is O=C(NCC(c1ccccc1)N1CCCCC1)N1CCC2(CCO2)CC1. The number of carbonyl (C=O) groups excluding carboxylic acids is 1. The Hall–Kier alpha value is -1.59. The number of likely N-dealkylation sites (tertiary alicyclic amines) is 2. The molecule has 3 saturated heterocycles. The first-order valence-electron chi connectivity index (χ1n) is 10.2. The maximum Gasteiger partial charge on any atom is 0.317 e. The third-order valence-electron chi connectivity index (χ3n) is 6.39. The number of ether oxygens (including phenoxy) is 1. The van der Waals surface area contributed by atoms with Crippen LogP contribution in [-0.4, -0.2) is 60.8 Å². The van der Waals surface area contributed by atoms with Gasteiger partial charge in [0.2, 0.25) is 0 Å². The first-order chi connectivity index (χ1) is 12.8. The monoisotopic (exact) mass is 357 g/mol. The minimum Gasteiger partial charge on any atom is -0.375 e. The highest BCUT2D eigenvalue weighted by molar-refractivity contribution is 5.74. The van der Waals surface area contributed by atoms with Gasteiger partial charge < -0.3 is 15.0 Å². The highest BCUT2D eigenvalue weighted by Gasteiger charge is 2.42. The maximum atomic E-state index is 12.7. The highest BCUT2D eigenvalue weighted by atomic mass is 16.5. The van der Waals surface area contributed by atoms with E-state index in [2.05, 4.69) is 40.5 Å². The van der Waals surface area contributed by atoms with Gasteiger partial charge >= 0.3 is 6.03 Å². The second kappa shape index (κ2) is 7.97. The molecule has 3 heterocycles. The van der Waals surface area contributed by atoms with Gasteiger partial charge in [-0.1, -0.05) is 36.8 Å². The first-order valence-corrected chi connectivity index (χ1v) is 10.2. The van der Waals surface area contributed by atoms with Crippen molar-refractivity contribution in [2.45, 2.75) is 50.2 Å². The molecule has 0 aromatic heterocycles. The summed E-state index contributed by atoms with van der Waals surface area (Å²) in [5, 5.41) is 3.22. The van der Waals surface area contributed by atoms with E-state index in [1.807, 2.05) is 4.90 Å². The molecule has 1 N–H and O–H groups in total. The number of piperidine rings is 2. The molecule has 1 atom stereocenters. The van der Waals surface area contributed by atoms with E-state index in [9.17, 15) is 4.79 Å². The van der Waals surface area contributed by atoms with Crippen molar-refractivity contribution in [1.29, 1.82) is 0 Å². The lowest BCUT2D eigenvalue weighted by Crippen LogP contribution is -2.55. The Morgan fingerprint density at radius 3 is 2.35 bits per heavy atom. The molecule has 142 valence electrons. The Morgan fingerprint density at radius 1 is 1.04 bits per heavy atom. The molecular weight excluding hydrogens is 326 g/mol. The molecule has 1 aromatic rings. The highest BCUT2D eigenvalue weighted by Crippen LogP contribution is 2.36. The zero-order chi connectivity index (χ0) is 17.8. The minimum absolute atomic E-state index is 0.0807. The fourth-order valence-electron chi connectivity index (χ4n) is 4.56. The van der Waals surface area contributed by atoms with Crippen LogP contribution in [-0.2, 0) is 4.74 Å². The van der Waals surface area contributed by atoms with Crippen LogP contribution in [0.3, 0.4) is 0 Å². The van der Waals surface area contributed by atoms with Crippen LogP contribution < -0.4 is 5.32 Å². The third-order valence-corrected chi connectivity index (χ3v) is 6.39. The van der Waals surface area contributed by atoms with Gasteiger partial charge in [0.1, 0.15) is 0 Å². The summed E-state index contributed by atoms with van der Waals surface area (Å²) in [6, 6.07) is 11.0. The lowest BCUT2D eigenvalue weighted by atomic mass is 9.84. The number of benzene rings is 1. The van der Waals surface area contributed by atoms with E-state index in [1.165, 1.54) is 24.8 Å². The van der Waals surface area contributed by atoms with Gasteiger partial charge in [0.25, 0.3) is 0 Å². The van der Waals surface area contributed by atoms with Crippen LogP contribution in [0.1, 0.15) is 50.1 Å². The van der Waals surface area contributed by atoms with Crippen LogP contribution in [0, 0.1) is 0 Å². The van der Waals surface area contributed by atoms with Gasteiger partial charge in [-0.15, -0.1) is 0 Å². The van der Waals surface area contributed by atoms with Gasteiger partial charge in [-0.05, 0) is 50.8 Å². The van der Waals surface area contributed by atoms with Crippen molar-refractivity contribution in [2.75, 3.05) is 39.3 Å². The summed E-state index contributed by atoms with van der Waals surface area (Å²) in [5.74, 6) is 0. The van der Waals surface area contributed by atoms with Crippen LogP contribution in [0.2, 0.25) is 0 Å². The number of amides is 2. The van der Waals surface area contributed by atoms with Crippen LogP contribution >= 0.6 is 0 Å². The Morgan fingerprint density at radius 2 is 1.73 bits per heavy atom. The number of urea groups is 1. The van der Waals surface area contributed by atoms with E-state index in [1.54, 1.807) is 0 Å². The number of hydrogen-bond acceptors (Lipinski definition) is 3. The molecule has 2 amide bonds. The summed E-state index contributed by atoms with van der Waals surface area (Å²) in [6.45, 7) is 5.44. The average Bonchev–Trinajstić information content (AvgIpc) is 2.68. The van der Waals surface area contributed by atoms with E-state index in [-0.39, 0.29) is 17.7 Å². The third kappa shape index (κ3) is 3.89. The van der Waals surface area contributed by atoms with Crippen molar-refractivity contribution in [1.82, 2.24) is 15.1 Å². The molecule has 0 radical (unpaired) electrons. The van der Waals surface area contributed by atoms with Crippen LogP contribution in [0.25, 0.3) is 0 Å². The second-order valence-corrected chi connectivity index (χ2v) is 7.98. The summed E-state index contributed by atoms with van der Waals surface area (Å²) >= 11 is 0. The molecule has 1 unspecified atom stereocenters. The molecule has 0 aliphatic carbocycles. The Bertz CT molecular complexity index is 587. The number of nitrogens with zero attached hydrogens (tertiary/aromatic N) is 2. The van der Waals surface area contributed by atoms with Crippen molar-refractivity contribution < 1.29 is 9.53 Å². The molecule has 3 aliphatic rings. The lowest BCUT2D eigenvalue weighted by Gasteiger charge is -2.47. The molecule has 3 fully saturated rings. The van der Waals surface area contributed by atoms with E-state index < -0.39 is 0 Å². The molecule has 5 nitrogen and oxygen atoms in total. The van der Waals surface area contributed by atoms with Crippen LogP contribution in [0.4, 0.5) is 4.79 Å². The smallest absolute Gasteiger partial charge is 0.317 e. The zero-order valence-corrected chi connectivity index (χ0v) is 15.7. The Labute approximate surface area is 156 Å². The van der Waals surface area contributed by atoms with Crippen molar-refractivity contribution >= 4 is 6.03 Å². The fraction of sp³-hybridized carbons (Fsp3) is 0.667. The van der Waals surface area contributed by atoms with Gasteiger partial charge in [-0.3, -0.25) is 4.90 Å².